The molecule has 0 unspecified atom stereocenters. The average molecular weight is 293 g/mol. The summed E-state index contributed by atoms with van der Waals surface area (Å²) in [5, 5.41) is 8.66. The Kier molecular flexibility index (Phi) is 18.4. The van der Waals surface area contributed by atoms with Gasteiger partial charge in [-0.2, -0.15) is 0 Å². The maximum absolute atomic E-state index is 8.66. The van der Waals surface area contributed by atoms with Crippen LogP contribution in [-0.4, -0.2) is 11.7 Å². The topological polar surface area (TPSA) is 20.2 Å². The molecule has 0 aromatic heterocycles. The summed E-state index contributed by atoms with van der Waals surface area (Å²) in [7, 11) is 0. The van der Waals surface area contributed by atoms with Gasteiger partial charge in [0.25, 0.3) is 0 Å². The van der Waals surface area contributed by atoms with Gasteiger partial charge in [0.1, 0.15) is 0 Å². The molecule has 0 heterocycles. The standard InChI is InChI=1S/C20H36O/c1-2-3-4-5-6-7-8-9-10-11-12-13-14-15-16-17-18-19-20-21/h6-7,9-10,15-16,21H,2-5,8,11-14,17-20H2,1H3. The van der Waals surface area contributed by atoms with Crippen LogP contribution in [0.15, 0.2) is 36.5 Å². The molecule has 122 valence electrons. The molecule has 0 spiro atoms. The number of aliphatic hydroxyl groups excluding tert-OH is 1. The third-order valence-electron chi connectivity index (χ3n) is 3.52. The summed E-state index contributed by atoms with van der Waals surface area (Å²) in [4.78, 5) is 0. The number of unbranched alkanes of at least 4 members (excludes halogenated alkanes) is 8. The van der Waals surface area contributed by atoms with Crippen LogP contribution in [0, 0.1) is 0 Å². The number of aliphatic hydroxyl groups is 1. The molecular weight excluding hydrogens is 256 g/mol. The van der Waals surface area contributed by atoms with Crippen LogP contribution in [0.4, 0.5) is 0 Å². The lowest BCUT2D eigenvalue weighted by molar-refractivity contribution is 0.285. The molecule has 21 heavy (non-hydrogen) atoms. The lowest BCUT2D eigenvalue weighted by atomic mass is 10.1. The number of rotatable bonds is 15. The highest BCUT2D eigenvalue weighted by atomic mass is 16.2. The molecule has 1 N–H and O–H groups in total. The largest absolute Gasteiger partial charge is 0.396 e. The number of hydrogen-bond donors (Lipinski definition) is 1. The van der Waals surface area contributed by atoms with Gasteiger partial charge in [-0.1, -0.05) is 56.2 Å². The van der Waals surface area contributed by atoms with Crippen molar-refractivity contribution in [2.45, 2.75) is 84.0 Å². The molecule has 0 aromatic rings. The van der Waals surface area contributed by atoms with E-state index in [1.54, 1.807) is 0 Å². The van der Waals surface area contributed by atoms with Gasteiger partial charge in [-0.15, -0.1) is 0 Å². The molecule has 0 saturated heterocycles. The molecule has 0 bridgehead atoms. The van der Waals surface area contributed by atoms with E-state index in [0.717, 1.165) is 25.7 Å². The molecule has 0 aliphatic heterocycles. The fraction of sp³-hybridized carbons (Fsp3) is 0.700. The molecule has 1 nitrogen and oxygen atoms in total. The summed E-state index contributed by atoms with van der Waals surface area (Å²) in [6, 6.07) is 0. The molecular formula is C20H36O. The minimum Gasteiger partial charge on any atom is -0.396 e. The second-order valence-electron chi connectivity index (χ2n) is 5.65. The number of hydrogen-bond acceptors (Lipinski definition) is 1. The maximum atomic E-state index is 8.66. The molecule has 1 heteroatoms. The van der Waals surface area contributed by atoms with Gasteiger partial charge >= 0.3 is 0 Å². The van der Waals surface area contributed by atoms with Crippen molar-refractivity contribution in [2.24, 2.45) is 0 Å². The zero-order valence-corrected chi connectivity index (χ0v) is 14.1. The second kappa shape index (κ2) is 19.2. The Morgan fingerprint density at radius 3 is 1.48 bits per heavy atom. The molecule has 0 fully saturated rings. The highest BCUT2D eigenvalue weighted by Gasteiger charge is 1.85. The zero-order chi connectivity index (χ0) is 15.4. The van der Waals surface area contributed by atoms with Crippen molar-refractivity contribution in [3.63, 3.8) is 0 Å². The van der Waals surface area contributed by atoms with E-state index in [-0.39, 0.29) is 0 Å². The molecule has 0 aromatic carbocycles. The second-order valence-corrected chi connectivity index (χ2v) is 5.65. The first-order chi connectivity index (χ1) is 10.4. The molecule has 0 rings (SSSR count). The average Bonchev–Trinajstić information content (AvgIpc) is 2.50. The van der Waals surface area contributed by atoms with E-state index in [2.05, 4.69) is 43.4 Å². The Bertz CT molecular complexity index is 263. The Labute approximate surface area is 132 Å². The van der Waals surface area contributed by atoms with Gasteiger partial charge in [0.15, 0.2) is 0 Å². The molecule has 0 aliphatic carbocycles. The Morgan fingerprint density at radius 2 is 1.00 bits per heavy atom. The van der Waals surface area contributed by atoms with E-state index in [1.807, 2.05) is 0 Å². The molecule has 0 atom stereocenters. The number of allylic oxidation sites excluding steroid dienone is 6. The van der Waals surface area contributed by atoms with Gasteiger partial charge in [0.2, 0.25) is 0 Å². The maximum Gasteiger partial charge on any atom is 0.0431 e. The summed E-state index contributed by atoms with van der Waals surface area (Å²) in [5.41, 5.74) is 0. The summed E-state index contributed by atoms with van der Waals surface area (Å²) in [5.74, 6) is 0. The quantitative estimate of drug-likeness (QED) is 0.275. The van der Waals surface area contributed by atoms with E-state index in [4.69, 9.17) is 5.11 Å². The third kappa shape index (κ3) is 19.2. The van der Waals surface area contributed by atoms with Gasteiger partial charge in [-0.05, 0) is 64.2 Å². The van der Waals surface area contributed by atoms with E-state index >= 15 is 0 Å². The summed E-state index contributed by atoms with van der Waals surface area (Å²) in [6.45, 7) is 2.58. The first-order valence-corrected chi connectivity index (χ1v) is 8.97. The fourth-order valence-corrected chi connectivity index (χ4v) is 2.15. The first kappa shape index (κ1) is 20.2. The van der Waals surface area contributed by atoms with Crippen LogP contribution in [0.2, 0.25) is 0 Å². The lowest BCUT2D eigenvalue weighted by Crippen LogP contribution is -1.80. The van der Waals surface area contributed by atoms with Crippen LogP contribution in [0.3, 0.4) is 0 Å². The highest BCUT2D eigenvalue weighted by Crippen LogP contribution is 2.04. The zero-order valence-electron chi connectivity index (χ0n) is 14.1. The van der Waals surface area contributed by atoms with Crippen molar-refractivity contribution in [3.05, 3.63) is 36.5 Å². The van der Waals surface area contributed by atoms with E-state index in [1.165, 1.54) is 51.4 Å². The molecule has 0 amide bonds. The third-order valence-corrected chi connectivity index (χ3v) is 3.52. The van der Waals surface area contributed by atoms with Crippen LogP contribution in [0.5, 0.6) is 0 Å². The molecule has 0 aliphatic rings. The van der Waals surface area contributed by atoms with Gasteiger partial charge in [-0.3, -0.25) is 0 Å². The predicted octanol–water partition coefficient (Wildman–Crippen LogP) is 6.35. The van der Waals surface area contributed by atoms with Crippen LogP contribution in [-0.2, 0) is 0 Å². The predicted molar refractivity (Wildman–Crippen MR) is 95.6 cm³/mol. The van der Waals surface area contributed by atoms with Gasteiger partial charge in [0, 0.05) is 6.61 Å². The van der Waals surface area contributed by atoms with Crippen molar-refractivity contribution < 1.29 is 5.11 Å². The van der Waals surface area contributed by atoms with Gasteiger partial charge < -0.3 is 5.11 Å². The van der Waals surface area contributed by atoms with Crippen LogP contribution >= 0.6 is 0 Å². The first-order valence-electron chi connectivity index (χ1n) is 8.97. The van der Waals surface area contributed by atoms with E-state index < -0.39 is 0 Å². The van der Waals surface area contributed by atoms with Crippen molar-refractivity contribution in [1.29, 1.82) is 0 Å². The SMILES string of the molecule is CCCCCC=CCC=CCCCCC=CCCCCO. The summed E-state index contributed by atoms with van der Waals surface area (Å²) in [6.07, 6.45) is 28.3. The van der Waals surface area contributed by atoms with Crippen molar-refractivity contribution >= 4 is 0 Å². The fourth-order valence-electron chi connectivity index (χ4n) is 2.15. The van der Waals surface area contributed by atoms with Crippen LogP contribution in [0.25, 0.3) is 0 Å². The monoisotopic (exact) mass is 292 g/mol. The summed E-state index contributed by atoms with van der Waals surface area (Å²) >= 11 is 0. The lowest BCUT2D eigenvalue weighted by Gasteiger charge is -1.94. The Balaban J connectivity index is 3.21. The van der Waals surface area contributed by atoms with Crippen LogP contribution in [0.1, 0.15) is 84.0 Å². The highest BCUT2D eigenvalue weighted by molar-refractivity contribution is 4.92. The molecule has 0 saturated carbocycles. The van der Waals surface area contributed by atoms with Crippen LogP contribution < -0.4 is 0 Å². The Hall–Kier alpha value is -0.820. The van der Waals surface area contributed by atoms with Crippen molar-refractivity contribution in [1.82, 2.24) is 0 Å². The van der Waals surface area contributed by atoms with Crippen molar-refractivity contribution in [3.8, 4) is 0 Å². The van der Waals surface area contributed by atoms with Gasteiger partial charge in [0.05, 0.1) is 0 Å². The van der Waals surface area contributed by atoms with Gasteiger partial charge in [-0.25, -0.2) is 0 Å². The Morgan fingerprint density at radius 1 is 0.571 bits per heavy atom. The smallest absolute Gasteiger partial charge is 0.0431 e. The minimum absolute atomic E-state index is 0.327. The molecule has 0 radical (unpaired) electrons. The normalized spacial score (nSPS) is 12.3. The minimum atomic E-state index is 0.327. The van der Waals surface area contributed by atoms with E-state index in [0.29, 0.717) is 6.61 Å². The van der Waals surface area contributed by atoms with Crippen molar-refractivity contribution in [2.75, 3.05) is 6.61 Å². The summed E-state index contributed by atoms with van der Waals surface area (Å²) < 4.78 is 0. The van der Waals surface area contributed by atoms with E-state index in [9.17, 15) is 0 Å².